The first-order valence-electron chi connectivity index (χ1n) is 8.26. The predicted octanol–water partition coefficient (Wildman–Crippen LogP) is 3.73. The lowest BCUT2D eigenvalue weighted by Gasteiger charge is -2.19. The number of anilines is 1. The molecule has 4 nitrogen and oxygen atoms in total. The maximum atomic E-state index is 5.69. The molecule has 0 spiro atoms. The molecule has 1 aromatic heterocycles. The molecular formula is C19H21N3OS. The SMILES string of the molecule is C=C1C=C(NCCCN[C@@H]2COc3ccccc32)Nc2ccsc21. The standard InChI is InChI=1S/C19H21N3OS/c1-13-11-18(22-15-7-10-24-19(13)15)21-9-4-8-20-16-12-23-17-6-3-2-5-14(16)17/h2-3,5-7,10-11,16,20-22H,1,4,8-9,12H2/t16-/m1/s1. The van der Waals surface area contributed by atoms with E-state index in [1.165, 1.54) is 10.4 Å². The first-order valence-corrected chi connectivity index (χ1v) is 9.14. The normalized spacial score (nSPS) is 18.2. The lowest BCUT2D eigenvalue weighted by atomic mass is 10.1. The van der Waals surface area contributed by atoms with Crippen LogP contribution in [0.5, 0.6) is 5.75 Å². The van der Waals surface area contributed by atoms with Gasteiger partial charge in [-0.2, -0.15) is 0 Å². The molecule has 0 aliphatic carbocycles. The number of ether oxygens (including phenoxy) is 1. The molecule has 0 saturated heterocycles. The third kappa shape index (κ3) is 3.05. The summed E-state index contributed by atoms with van der Waals surface area (Å²) in [5, 5.41) is 12.5. The van der Waals surface area contributed by atoms with Crippen molar-refractivity contribution >= 4 is 22.6 Å². The van der Waals surface area contributed by atoms with Gasteiger partial charge in [0.1, 0.15) is 18.2 Å². The van der Waals surface area contributed by atoms with Crippen LogP contribution < -0.4 is 20.7 Å². The van der Waals surface area contributed by atoms with Gasteiger partial charge >= 0.3 is 0 Å². The smallest absolute Gasteiger partial charge is 0.124 e. The van der Waals surface area contributed by atoms with Crippen LogP contribution in [0.3, 0.4) is 0 Å². The average molecular weight is 339 g/mol. The zero-order chi connectivity index (χ0) is 16.4. The van der Waals surface area contributed by atoms with E-state index in [1.54, 1.807) is 11.3 Å². The predicted molar refractivity (Wildman–Crippen MR) is 100 cm³/mol. The summed E-state index contributed by atoms with van der Waals surface area (Å²) in [7, 11) is 0. The fourth-order valence-corrected chi connectivity index (χ4v) is 3.89. The number of nitrogens with one attached hydrogen (secondary N) is 3. The second kappa shape index (κ2) is 6.71. The summed E-state index contributed by atoms with van der Waals surface area (Å²) < 4.78 is 5.69. The molecule has 2 aliphatic heterocycles. The van der Waals surface area contributed by atoms with Crippen molar-refractivity contribution in [1.82, 2.24) is 10.6 Å². The number of rotatable bonds is 6. The van der Waals surface area contributed by atoms with Crippen LogP contribution in [0.2, 0.25) is 0 Å². The summed E-state index contributed by atoms with van der Waals surface area (Å²) >= 11 is 1.72. The molecule has 2 aromatic rings. The molecule has 0 saturated carbocycles. The Morgan fingerprint density at radius 1 is 1.25 bits per heavy atom. The lowest BCUT2D eigenvalue weighted by Crippen LogP contribution is -2.28. The second-order valence-corrected chi connectivity index (χ2v) is 6.92. The van der Waals surface area contributed by atoms with E-state index in [2.05, 4.69) is 52.2 Å². The highest BCUT2D eigenvalue weighted by Crippen LogP contribution is 2.34. The molecule has 3 N–H and O–H groups in total. The van der Waals surface area contributed by atoms with Crippen molar-refractivity contribution in [1.29, 1.82) is 0 Å². The maximum absolute atomic E-state index is 5.69. The van der Waals surface area contributed by atoms with Gasteiger partial charge in [-0.25, -0.2) is 0 Å². The number of thiophene rings is 1. The molecule has 0 unspecified atom stereocenters. The Kier molecular flexibility index (Phi) is 4.28. The Hall–Kier alpha value is -2.24. The molecule has 1 atom stereocenters. The molecule has 4 rings (SSSR count). The number of para-hydroxylation sites is 1. The summed E-state index contributed by atoms with van der Waals surface area (Å²) in [4.78, 5) is 1.22. The van der Waals surface area contributed by atoms with Gasteiger partial charge in [0.05, 0.1) is 16.6 Å². The van der Waals surface area contributed by atoms with Crippen LogP contribution >= 0.6 is 11.3 Å². The Labute approximate surface area is 146 Å². The molecule has 5 heteroatoms. The van der Waals surface area contributed by atoms with Crippen LogP contribution in [0.4, 0.5) is 5.69 Å². The summed E-state index contributed by atoms with van der Waals surface area (Å²) in [6, 6.07) is 10.7. The van der Waals surface area contributed by atoms with E-state index in [0.717, 1.165) is 48.9 Å². The monoisotopic (exact) mass is 339 g/mol. The van der Waals surface area contributed by atoms with Crippen LogP contribution in [-0.4, -0.2) is 19.7 Å². The molecule has 0 amide bonds. The zero-order valence-electron chi connectivity index (χ0n) is 13.5. The van der Waals surface area contributed by atoms with Crippen molar-refractivity contribution in [3.8, 4) is 5.75 Å². The van der Waals surface area contributed by atoms with E-state index in [-0.39, 0.29) is 0 Å². The van der Waals surface area contributed by atoms with Gasteiger partial charge in [-0.15, -0.1) is 11.3 Å². The summed E-state index contributed by atoms with van der Waals surface area (Å²) in [5.41, 5.74) is 3.48. The van der Waals surface area contributed by atoms with E-state index in [4.69, 9.17) is 4.74 Å². The van der Waals surface area contributed by atoms with Crippen molar-refractivity contribution in [2.75, 3.05) is 25.0 Å². The first-order chi connectivity index (χ1) is 11.8. The molecule has 2 aliphatic rings. The fraction of sp³-hybridized carbons (Fsp3) is 0.263. The van der Waals surface area contributed by atoms with Crippen LogP contribution in [0.15, 0.2) is 54.2 Å². The summed E-state index contributed by atoms with van der Waals surface area (Å²) in [6.07, 6.45) is 3.12. The molecule has 3 heterocycles. The van der Waals surface area contributed by atoms with E-state index < -0.39 is 0 Å². The molecule has 0 fully saturated rings. The topological polar surface area (TPSA) is 45.3 Å². The minimum Gasteiger partial charge on any atom is -0.491 e. The van der Waals surface area contributed by atoms with Crippen LogP contribution in [-0.2, 0) is 0 Å². The number of hydrogen-bond acceptors (Lipinski definition) is 5. The summed E-state index contributed by atoms with van der Waals surface area (Å²) in [5.74, 6) is 2.04. The Morgan fingerprint density at radius 2 is 2.17 bits per heavy atom. The van der Waals surface area contributed by atoms with Gasteiger partial charge in [0, 0.05) is 12.1 Å². The lowest BCUT2D eigenvalue weighted by molar-refractivity contribution is 0.311. The highest BCUT2D eigenvalue weighted by atomic mass is 32.1. The van der Waals surface area contributed by atoms with Crippen molar-refractivity contribution in [2.45, 2.75) is 12.5 Å². The molecule has 0 bridgehead atoms. The number of allylic oxidation sites excluding steroid dienone is 2. The zero-order valence-corrected chi connectivity index (χ0v) is 14.3. The maximum Gasteiger partial charge on any atom is 0.124 e. The molecule has 1 aromatic carbocycles. The minimum atomic E-state index is 0.307. The Balaban J connectivity index is 1.21. The van der Waals surface area contributed by atoms with Crippen LogP contribution in [0.25, 0.3) is 5.57 Å². The summed E-state index contributed by atoms with van der Waals surface area (Å²) in [6.45, 7) is 6.71. The van der Waals surface area contributed by atoms with Gasteiger partial charge in [0.15, 0.2) is 0 Å². The molecule has 0 radical (unpaired) electrons. The van der Waals surface area contributed by atoms with E-state index in [1.807, 2.05) is 12.1 Å². The largest absolute Gasteiger partial charge is 0.491 e. The second-order valence-electron chi connectivity index (χ2n) is 6.01. The van der Waals surface area contributed by atoms with Crippen molar-refractivity contribution in [3.05, 3.63) is 64.6 Å². The molecular weight excluding hydrogens is 318 g/mol. The number of fused-ring (bicyclic) bond motifs is 2. The highest BCUT2D eigenvalue weighted by molar-refractivity contribution is 7.11. The third-order valence-electron chi connectivity index (χ3n) is 4.30. The van der Waals surface area contributed by atoms with Gasteiger partial charge in [0.25, 0.3) is 0 Å². The van der Waals surface area contributed by atoms with Crippen molar-refractivity contribution in [2.24, 2.45) is 0 Å². The van der Waals surface area contributed by atoms with Crippen LogP contribution in [0, 0.1) is 0 Å². The van der Waals surface area contributed by atoms with Gasteiger partial charge < -0.3 is 20.7 Å². The Morgan fingerprint density at radius 3 is 3.12 bits per heavy atom. The van der Waals surface area contributed by atoms with Crippen LogP contribution in [0.1, 0.15) is 22.9 Å². The molecule has 24 heavy (non-hydrogen) atoms. The van der Waals surface area contributed by atoms with Gasteiger partial charge in [-0.1, -0.05) is 24.8 Å². The number of benzene rings is 1. The van der Waals surface area contributed by atoms with Gasteiger partial charge in [-0.3, -0.25) is 0 Å². The van der Waals surface area contributed by atoms with E-state index in [9.17, 15) is 0 Å². The minimum absolute atomic E-state index is 0.307. The van der Waals surface area contributed by atoms with Crippen molar-refractivity contribution < 1.29 is 4.74 Å². The fourth-order valence-electron chi connectivity index (χ4n) is 3.09. The average Bonchev–Trinajstić information content (AvgIpc) is 3.22. The Bertz CT molecular complexity index is 780. The number of hydrogen-bond donors (Lipinski definition) is 3. The van der Waals surface area contributed by atoms with E-state index in [0.29, 0.717) is 6.04 Å². The molecule has 124 valence electrons. The first kappa shape index (κ1) is 15.3. The van der Waals surface area contributed by atoms with Gasteiger partial charge in [-0.05, 0) is 42.1 Å². The van der Waals surface area contributed by atoms with Gasteiger partial charge in [0.2, 0.25) is 0 Å². The quantitative estimate of drug-likeness (QED) is 0.702. The van der Waals surface area contributed by atoms with Crippen molar-refractivity contribution in [3.63, 3.8) is 0 Å². The third-order valence-corrected chi connectivity index (χ3v) is 5.29. The van der Waals surface area contributed by atoms with E-state index >= 15 is 0 Å². The highest BCUT2D eigenvalue weighted by Gasteiger charge is 2.22.